The number of guanidine groups is 1. The maximum Gasteiger partial charge on any atom is 0.193 e. The maximum absolute atomic E-state index is 4.77. The first-order valence-corrected chi connectivity index (χ1v) is 10.8. The Bertz CT molecular complexity index is 827. The highest BCUT2D eigenvalue weighted by Crippen LogP contribution is 2.22. The highest BCUT2D eigenvalue weighted by Gasteiger charge is 2.26. The van der Waals surface area contributed by atoms with Crippen LogP contribution < -0.4 is 10.2 Å². The second kappa shape index (κ2) is 9.92. The van der Waals surface area contributed by atoms with E-state index >= 15 is 0 Å². The Balaban J connectivity index is 1.69. The zero-order valence-electron chi connectivity index (χ0n) is 18.6. The molecule has 6 heteroatoms. The molecule has 1 aliphatic heterocycles. The summed E-state index contributed by atoms with van der Waals surface area (Å²) >= 11 is 0. The predicted molar refractivity (Wildman–Crippen MR) is 124 cm³/mol. The van der Waals surface area contributed by atoms with Crippen molar-refractivity contribution in [2.45, 2.75) is 26.8 Å². The molecule has 1 aromatic carbocycles. The number of pyridine rings is 1. The number of rotatable bonds is 7. The van der Waals surface area contributed by atoms with Gasteiger partial charge in [0.25, 0.3) is 0 Å². The largest absolute Gasteiger partial charge is 0.363 e. The Morgan fingerprint density at radius 3 is 2.69 bits per heavy atom. The quantitative estimate of drug-likeness (QED) is 0.576. The van der Waals surface area contributed by atoms with Gasteiger partial charge in [0.15, 0.2) is 5.96 Å². The minimum Gasteiger partial charge on any atom is -0.363 e. The Morgan fingerprint density at radius 1 is 1.24 bits per heavy atom. The zero-order valence-corrected chi connectivity index (χ0v) is 18.6. The molecule has 0 spiro atoms. The normalized spacial score (nSPS) is 17.4. The molecule has 0 radical (unpaired) electrons. The number of para-hydroxylation sites is 1. The predicted octanol–water partition coefficient (Wildman–Crippen LogP) is 3.04. The van der Waals surface area contributed by atoms with Crippen molar-refractivity contribution in [2.75, 3.05) is 58.8 Å². The molecule has 2 aromatic rings. The number of anilines is 1. The van der Waals surface area contributed by atoms with E-state index in [9.17, 15) is 0 Å². The molecular formula is C23H36N6. The SMILES string of the molecule is CCN(CC)CC1CCN(C(=NC)NCc2cc(N(C)C)nc3ccccc23)C1. The van der Waals surface area contributed by atoms with Crippen LogP contribution in [0.2, 0.25) is 0 Å². The summed E-state index contributed by atoms with van der Waals surface area (Å²) in [7, 11) is 5.96. The molecule has 0 aliphatic carbocycles. The van der Waals surface area contributed by atoms with Crippen molar-refractivity contribution >= 4 is 22.7 Å². The van der Waals surface area contributed by atoms with Crippen molar-refractivity contribution in [3.63, 3.8) is 0 Å². The van der Waals surface area contributed by atoms with E-state index < -0.39 is 0 Å². The van der Waals surface area contributed by atoms with Gasteiger partial charge in [-0.05, 0) is 43.1 Å². The van der Waals surface area contributed by atoms with Crippen molar-refractivity contribution in [1.82, 2.24) is 20.1 Å². The van der Waals surface area contributed by atoms with Crippen LogP contribution in [0.4, 0.5) is 5.82 Å². The number of likely N-dealkylation sites (tertiary alicyclic amines) is 1. The fourth-order valence-electron chi connectivity index (χ4n) is 4.13. The van der Waals surface area contributed by atoms with Crippen LogP contribution in [0.5, 0.6) is 0 Å². The van der Waals surface area contributed by atoms with Gasteiger partial charge in [0.2, 0.25) is 0 Å². The second-order valence-corrected chi connectivity index (χ2v) is 8.04. The number of fused-ring (bicyclic) bond motifs is 1. The molecule has 0 amide bonds. The van der Waals surface area contributed by atoms with Gasteiger partial charge in [-0.1, -0.05) is 32.0 Å². The minimum atomic E-state index is 0.718. The van der Waals surface area contributed by atoms with E-state index in [0.717, 1.165) is 55.9 Å². The van der Waals surface area contributed by atoms with Gasteiger partial charge in [-0.25, -0.2) is 4.98 Å². The highest BCUT2D eigenvalue weighted by molar-refractivity contribution is 5.85. The molecule has 1 N–H and O–H groups in total. The topological polar surface area (TPSA) is 47.0 Å². The molecule has 3 rings (SSSR count). The number of benzene rings is 1. The van der Waals surface area contributed by atoms with Crippen LogP contribution in [0.3, 0.4) is 0 Å². The first-order chi connectivity index (χ1) is 14.0. The van der Waals surface area contributed by atoms with E-state index in [1.807, 2.05) is 27.2 Å². The van der Waals surface area contributed by atoms with E-state index in [-0.39, 0.29) is 0 Å². The molecule has 29 heavy (non-hydrogen) atoms. The Hall–Kier alpha value is -2.34. The van der Waals surface area contributed by atoms with Gasteiger partial charge in [-0.3, -0.25) is 4.99 Å². The lowest BCUT2D eigenvalue weighted by molar-refractivity contribution is 0.255. The van der Waals surface area contributed by atoms with Crippen LogP contribution >= 0.6 is 0 Å². The average molecular weight is 397 g/mol. The number of nitrogens with one attached hydrogen (secondary N) is 1. The smallest absolute Gasteiger partial charge is 0.193 e. The minimum absolute atomic E-state index is 0.718. The number of aromatic nitrogens is 1. The fourth-order valence-corrected chi connectivity index (χ4v) is 4.13. The van der Waals surface area contributed by atoms with Crippen molar-refractivity contribution < 1.29 is 0 Å². The summed E-state index contributed by atoms with van der Waals surface area (Å²) in [5.74, 6) is 2.70. The molecule has 1 saturated heterocycles. The molecule has 1 fully saturated rings. The molecule has 158 valence electrons. The maximum atomic E-state index is 4.77. The van der Waals surface area contributed by atoms with Crippen LogP contribution in [0.15, 0.2) is 35.3 Å². The molecule has 0 saturated carbocycles. The first-order valence-electron chi connectivity index (χ1n) is 10.8. The first kappa shape index (κ1) is 21.4. The van der Waals surface area contributed by atoms with E-state index in [0.29, 0.717) is 0 Å². The molecule has 1 aliphatic rings. The van der Waals surface area contributed by atoms with Crippen LogP contribution in [0.1, 0.15) is 25.8 Å². The van der Waals surface area contributed by atoms with Gasteiger partial charge < -0.3 is 20.0 Å². The van der Waals surface area contributed by atoms with E-state index in [1.54, 1.807) is 0 Å². The Morgan fingerprint density at radius 2 is 2.00 bits per heavy atom. The average Bonchev–Trinajstić information content (AvgIpc) is 3.20. The molecule has 1 aromatic heterocycles. The van der Waals surface area contributed by atoms with E-state index in [4.69, 9.17) is 4.98 Å². The summed E-state index contributed by atoms with van der Waals surface area (Å²) in [4.78, 5) is 16.3. The molecule has 2 heterocycles. The van der Waals surface area contributed by atoms with E-state index in [2.05, 4.69) is 63.1 Å². The number of aliphatic imine (C=N–C) groups is 1. The Labute approximate surface area is 175 Å². The van der Waals surface area contributed by atoms with Gasteiger partial charge in [0.05, 0.1) is 5.52 Å². The molecular weight excluding hydrogens is 360 g/mol. The zero-order chi connectivity index (χ0) is 20.8. The van der Waals surface area contributed by atoms with Crippen LogP contribution in [0.25, 0.3) is 10.9 Å². The van der Waals surface area contributed by atoms with Gasteiger partial charge in [0.1, 0.15) is 5.82 Å². The summed E-state index contributed by atoms with van der Waals surface area (Å²) in [6.45, 7) is 10.8. The third-order valence-electron chi connectivity index (χ3n) is 5.89. The second-order valence-electron chi connectivity index (χ2n) is 8.04. The van der Waals surface area contributed by atoms with Gasteiger partial charge in [-0.15, -0.1) is 0 Å². The van der Waals surface area contributed by atoms with Crippen LogP contribution in [-0.4, -0.2) is 74.6 Å². The van der Waals surface area contributed by atoms with Crippen molar-refractivity contribution in [1.29, 1.82) is 0 Å². The van der Waals surface area contributed by atoms with E-state index in [1.165, 1.54) is 23.9 Å². The van der Waals surface area contributed by atoms with Gasteiger partial charge in [0, 0.05) is 52.7 Å². The van der Waals surface area contributed by atoms with Crippen molar-refractivity contribution in [2.24, 2.45) is 10.9 Å². The summed E-state index contributed by atoms with van der Waals surface area (Å²) in [5.41, 5.74) is 2.28. The van der Waals surface area contributed by atoms with Crippen LogP contribution in [-0.2, 0) is 6.54 Å². The third kappa shape index (κ3) is 5.18. The van der Waals surface area contributed by atoms with Crippen LogP contribution in [0, 0.1) is 5.92 Å². The lowest BCUT2D eigenvalue weighted by atomic mass is 10.1. The van der Waals surface area contributed by atoms with Crippen molar-refractivity contribution in [3.8, 4) is 0 Å². The summed E-state index contributed by atoms with van der Waals surface area (Å²) in [6, 6.07) is 10.5. The molecule has 1 unspecified atom stereocenters. The summed E-state index contributed by atoms with van der Waals surface area (Å²) in [5, 5.41) is 4.80. The standard InChI is InChI=1S/C23H36N6/c1-6-28(7-2)16-18-12-13-29(17-18)23(24-3)25-15-19-14-22(27(4)5)26-21-11-9-8-10-20(19)21/h8-11,14,18H,6-7,12-13,15-17H2,1-5H3,(H,24,25). The number of hydrogen-bond donors (Lipinski definition) is 1. The summed E-state index contributed by atoms with van der Waals surface area (Å²) in [6.07, 6.45) is 1.24. The molecule has 0 bridgehead atoms. The van der Waals surface area contributed by atoms with Crippen molar-refractivity contribution in [3.05, 3.63) is 35.9 Å². The van der Waals surface area contributed by atoms with Gasteiger partial charge >= 0.3 is 0 Å². The molecule has 6 nitrogen and oxygen atoms in total. The van der Waals surface area contributed by atoms with Gasteiger partial charge in [-0.2, -0.15) is 0 Å². The third-order valence-corrected chi connectivity index (χ3v) is 5.89. The summed E-state index contributed by atoms with van der Waals surface area (Å²) < 4.78 is 0. The number of nitrogens with zero attached hydrogens (tertiary/aromatic N) is 5. The number of hydrogen-bond acceptors (Lipinski definition) is 4. The Kier molecular flexibility index (Phi) is 7.31. The lowest BCUT2D eigenvalue weighted by Crippen LogP contribution is -2.40. The lowest BCUT2D eigenvalue weighted by Gasteiger charge is -2.24. The molecule has 1 atom stereocenters. The monoisotopic (exact) mass is 396 g/mol. The fraction of sp³-hybridized carbons (Fsp3) is 0.565. The highest BCUT2D eigenvalue weighted by atomic mass is 15.3.